The molecule has 3 aromatic rings. The van der Waals surface area contributed by atoms with Crippen molar-refractivity contribution in [2.45, 2.75) is 51.3 Å². The van der Waals surface area contributed by atoms with Gasteiger partial charge in [-0.1, -0.05) is 60.7 Å². The van der Waals surface area contributed by atoms with Gasteiger partial charge in [-0.3, -0.25) is 4.79 Å². The number of carbonyl (C=O) groups excluding carboxylic acids is 3. The summed E-state index contributed by atoms with van der Waals surface area (Å²) in [5.41, 5.74) is 4.45. The first-order valence-corrected chi connectivity index (χ1v) is 12.9. The highest BCUT2D eigenvalue weighted by atomic mass is 16.6. The van der Waals surface area contributed by atoms with E-state index >= 15 is 0 Å². The molecule has 0 aliphatic heterocycles. The van der Waals surface area contributed by atoms with Gasteiger partial charge in [0.2, 0.25) is 5.91 Å². The van der Waals surface area contributed by atoms with Gasteiger partial charge in [0.1, 0.15) is 24.0 Å². The Balaban J connectivity index is 1.39. The van der Waals surface area contributed by atoms with Crippen molar-refractivity contribution in [2.24, 2.45) is 0 Å². The van der Waals surface area contributed by atoms with Gasteiger partial charge in [-0.05, 0) is 60.7 Å². The molecule has 1 aliphatic rings. The Morgan fingerprint density at radius 3 is 2.03 bits per heavy atom. The summed E-state index contributed by atoms with van der Waals surface area (Å²) in [6.45, 7) is 5.51. The first-order valence-electron chi connectivity index (χ1n) is 12.9. The van der Waals surface area contributed by atoms with Crippen LogP contribution in [0.4, 0.5) is 4.79 Å². The smallest absolute Gasteiger partial charge is 0.407 e. The number of methoxy groups -OCH3 is 1. The Morgan fingerprint density at radius 2 is 1.46 bits per heavy atom. The molecule has 0 bridgehead atoms. The van der Waals surface area contributed by atoms with E-state index in [1.807, 2.05) is 48.5 Å². The lowest BCUT2D eigenvalue weighted by atomic mass is 9.98. The number of rotatable bonds is 9. The molecule has 0 unspecified atom stereocenters. The maximum atomic E-state index is 12.9. The molecule has 204 valence electrons. The quantitative estimate of drug-likeness (QED) is 0.380. The van der Waals surface area contributed by atoms with Crippen LogP contribution >= 0.6 is 0 Å². The lowest BCUT2D eigenvalue weighted by Gasteiger charge is -2.24. The van der Waals surface area contributed by atoms with Crippen molar-refractivity contribution in [1.82, 2.24) is 10.6 Å². The minimum Gasteiger partial charge on any atom is -0.497 e. The van der Waals surface area contributed by atoms with Crippen LogP contribution < -0.4 is 15.4 Å². The maximum Gasteiger partial charge on any atom is 0.407 e. The number of esters is 1. The molecular formula is C31H34N2O6. The van der Waals surface area contributed by atoms with E-state index in [1.54, 1.807) is 40.0 Å². The van der Waals surface area contributed by atoms with E-state index in [-0.39, 0.29) is 25.5 Å². The molecule has 8 heteroatoms. The zero-order valence-electron chi connectivity index (χ0n) is 22.7. The number of alkyl carbamates (subject to hydrolysis) is 1. The summed E-state index contributed by atoms with van der Waals surface area (Å²) in [6.07, 6.45) is -1.09. The number of hydrogen-bond acceptors (Lipinski definition) is 6. The van der Waals surface area contributed by atoms with Gasteiger partial charge in [0.25, 0.3) is 0 Å². The third-order valence-electron chi connectivity index (χ3n) is 6.37. The summed E-state index contributed by atoms with van der Waals surface area (Å²) < 4.78 is 16.2. The average molecular weight is 531 g/mol. The molecule has 1 atom stereocenters. The Morgan fingerprint density at radius 1 is 0.872 bits per heavy atom. The lowest BCUT2D eigenvalue weighted by Crippen LogP contribution is -2.47. The van der Waals surface area contributed by atoms with Crippen molar-refractivity contribution in [3.63, 3.8) is 0 Å². The SMILES string of the molecule is COc1ccc(CNC(=O)C[C@H](NC(=O)OCC2c3ccccc3-c3ccccc32)C(=O)OC(C)(C)C)cc1. The summed E-state index contributed by atoms with van der Waals surface area (Å²) in [5, 5.41) is 5.32. The first kappa shape index (κ1) is 27.7. The van der Waals surface area contributed by atoms with Crippen LogP contribution in [0.1, 0.15) is 49.8 Å². The Labute approximate surface area is 228 Å². The average Bonchev–Trinajstić information content (AvgIpc) is 3.23. The van der Waals surface area contributed by atoms with E-state index in [1.165, 1.54) is 0 Å². The fourth-order valence-corrected chi connectivity index (χ4v) is 4.55. The van der Waals surface area contributed by atoms with E-state index in [9.17, 15) is 14.4 Å². The van der Waals surface area contributed by atoms with Crippen molar-refractivity contribution in [3.8, 4) is 16.9 Å². The molecule has 0 radical (unpaired) electrons. The summed E-state index contributed by atoms with van der Waals surface area (Å²) >= 11 is 0. The number of hydrogen-bond donors (Lipinski definition) is 2. The standard InChI is InChI=1S/C31H34N2O6/c1-31(2,3)39-29(35)27(17-28(34)32-18-20-13-15-21(37-4)16-14-20)33-30(36)38-19-26-24-11-7-5-9-22(24)23-10-6-8-12-25(23)26/h5-16,26-27H,17-19H2,1-4H3,(H,32,34)(H,33,36)/t27-/m0/s1. The highest BCUT2D eigenvalue weighted by Crippen LogP contribution is 2.44. The number of amides is 2. The highest BCUT2D eigenvalue weighted by Gasteiger charge is 2.32. The van der Waals surface area contributed by atoms with Crippen LogP contribution in [0.25, 0.3) is 11.1 Å². The molecule has 0 saturated carbocycles. The fraction of sp³-hybridized carbons (Fsp3) is 0.323. The van der Waals surface area contributed by atoms with Crippen molar-refractivity contribution in [2.75, 3.05) is 13.7 Å². The summed E-state index contributed by atoms with van der Waals surface area (Å²) in [5.74, 6) is -0.547. The van der Waals surface area contributed by atoms with Gasteiger partial charge < -0.3 is 24.8 Å². The predicted octanol–water partition coefficient (Wildman–Crippen LogP) is 4.95. The summed E-state index contributed by atoms with van der Waals surface area (Å²) in [4.78, 5) is 38.4. The Hall–Kier alpha value is -4.33. The number of benzene rings is 3. The van der Waals surface area contributed by atoms with Gasteiger partial charge in [-0.25, -0.2) is 9.59 Å². The van der Waals surface area contributed by atoms with Gasteiger partial charge in [0.05, 0.1) is 13.5 Å². The van der Waals surface area contributed by atoms with E-state index < -0.39 is 29.6 Å². The third-order valence-corrected chi connectivity index (χ3v) is 6.37. The summed E-state index contributed by atoms with van der Waals surface area (Å²) in [7, 11) is 1.58. The number of nitrogens with one attached hydrogen (secondary N) is 2. The molecule has 0 spiro atoms. The molecule has 8 nitrogen and oxygen atoms in total. The van der Waals surface area contributed by atoms with E-state index in [2.05, 4.69) is 22.8 Å². The predicted molar refractivity (Wildman–Crippen MR) is 147 cm³/mol. The van der Waals surface area contributed by atoms with Crippen LogP contribution in [0.15, 0.2) is 72.8 Å². The summed E-state index contributed by atoms with van der Waals surface area (Å²) in [6, 6.07) is 22.1. The van der Waals surface area contributed by atoms with Crippen molar-refractivity contribution in [3.05, 3.63) is 89.5 Å². The normalized spacial score (nSPS) is 13.0. The van der Waals surface area contributed by atoms with Crippen LogP contribution in [0.3, 0.4) is 0 Å². The fourth-order valence-electron chi connectivity index (χ4n) is 4.55. The van der Waals surface area contributed by atoms with Crippen molar-refractivity contribution < 1.29 is 28.6 Å². The van der Waals surface area contributed by atoms with Crippen molar-refractivity contribution in [1.29, 1.82) is 0 Å². The van der Waals surface area contributed by atoms with Gasteiger partial charge in [-0.2, -0.15) is 0 Å². The molecule has 0 aromatic heterocycles. The topological polar surface area (TPSA) is 103 Å². The third kappa shape index (κ3) is 7.16. The van der Waals surface area contributed by atoms with Gasteiger partial charge in [0, 0.05) is 12.5 Å². The molecule has 4 rings (SSSR count). The monoisotopic (exact) mass is 530 g/mol. The largest absolute Gasteiger partial charge is 0.497 e. The molecule has 0 saturated heterocycles. The van der Waals surface area contributed by atoms with E-state index in [4.69, 9.17) is 14.2 Å². The molecule has 1 aliphatic carbocycles. The molecular weight excluding hydrogens is 496 g/mol. The minimum atomic E-state index is -1.21. The van der Waals surface area contributed by atoms with Crippen LogP contribution in [-0.2, 0) is 25.6 Å². The molecule has 0 fully saturated rings. The van der Waals surface area contributed by atoms with Gasteiger partial charge >= 0.3 is 12.1 Å². The van der Waals surface area contributed by atoms with Crippen LogP contribution in [-0.4, -0.2) is 43.3 Å². The maximum absolute atomic E-state index is 12.9. The van der Waals surface area contributed by atoms with E-state index in [0.29, 0.717) is 5.75 Å². The van der Waals surface area contributed by atoms with Gasteiger partial charge in [0.15, 0.2) is 0 Å². The minimum absolute atomic E-state index is 0.0879. The lowest BCUT2D eigenvalue weighted by molar-refractivity contribution is -0.158. The zero-order valence-corrected chi connectivity index (χ0v) is 22.7. The van der Waals surface area contributed by atoms with Gasteiger partial charge in [-0.15, -0.1) is 0 Å². The second-order valence-corrected chi connectivity index (χ2v) is 10.4. The number of ether oxygens (including phenoxy) is 3. The van der Waals surface area contributed by atoms with Crippen LogP contribution in [0, 0.1) is 0 Å². The molecule has 3 aromatic carbocycles. The van der Waals surface area contributed by atoms with Crippen LogP contribution in [0.2, 0.25) is 0 Å². The zero-order chi connectivity index (χ0) is 28.0. The van der Waals surface area contributed by atoms with Crippen molar-refractivity contribution >= 4 is 18.0 Å². The highest BCUT2D eigenvalue weighted by molar-refractivity contribution is 5.88. The molecule has 2 amide bonds. The first-order chi connectivity index (χ1) is 18.6. The Bertz CT molecular complexity index is 1280. The second kappa shape index (κ2) is 12.0. The second-order valence-electron chi connectivity index (χ2n) is 10.4. The van der Waals surface area contributed by atoms with Crippen LogP contribution in [0.5, 0.6) is 5.75 Å². The molecule has 39 heavy (non-hydrogen) atoms. The number of carbonyl (C=O) groups is 3. The molecule has 0 heterocycles. The van der Waals surface area contributed by atoms with E-state index in [0.717, 1.165) is 27.8 Å². The number of fused-ring (bicyclic) bond motifs is 3. The Kier molecular flexibility index (Phi) is 8.54. The molecule has 2 N–H and O–H groups in total.